The number of hydrogen-bond donors (Lipinski definition) is 0. The van der Waals surface area contributed by atoms with Gasteiger partial charge in [-0.15, -0.1) is 0 Å². The molecule has 0 bridgehead atoms. The van der Waals surface area contributed by atoms with Crippen molar-refractivity contribution in [3.63, 3.8) is 0 Å². The van der Waals surface area contributed by atoms with E-state index >= 15 is 0 Å². The molecule has 1 atom stereocenters. The first-order valence-corrected chi connectivity index (χ1v) is 3.31. The predicted molar refractivity (Wildman–Crippen MR) is 38.1 cm³/mol. The molecule has 0 unspecified atom stereocenters. The van der Waals surface area contributed by atoms with Crippen molar-refractivity contribution in [2.45, 2.75) is 13.0 Å². The summed E-state index contributed by atoms with van der Waals surface area (Å²) in [6.07, 6.45) is 2.42. The first-order chi connectivity index (χ1) is 5.25. The van der Waals surface area contributed by atoms with Crippen LogP contribution in [0.1, 0.15) is 6.92 Å². The van der Waals surface area contributed by atoms with Gasteiger partial charge in [-0.3, -0.25) is 4.99 Å². The Bertz CT molecular complexity index is 222. The summed E-state index contributed by atoms with van der Waals surface area (Å²) in [4.78, 5) is 14.4. The molecule has 1 aliphatic heterocycles. The van der Waals surface area contributed by atoms with Crippen LogP contribution in [0.25, 0.3) is 0 Å². The molecule has 4 heteroatoms. The highest BCUT2D eigenvalue weighted by Crippen LogP contribution is 2.13. The number of esters is 1. The van der Waals surface area contributed by atoms with Gasteiger partial charge in [0.2, 0.25) is 0 Å². The molecule has 0 aliphatic carbocycles. The average molecular weight is 157 g/mol. The van der Waals surface area contributed by atoms with E-state index in [1.165, 1.54) is 6.21 Å². The highest BCUT2D eigenvalue weighted by Gasteiger charge is 2.25. The quantitative estimate of drug-likeness (QED) is 0.557. The third-order valence-electron chi connectivity index (χ3n) is 1.24. The van der Waals surface area contributed by atoms with Crippen LogP contribution in [0.3, 0.4) is 0 Å². The van der Waals surface area contributed by atoms with Crippen LogP contribution in [0, 0.1) is 0 Å². The van der Waals surface area contributed by atoms with Gasteiger partial charge in [-0.05, 0) is 13.0 Å². The van der Waals surface area contributed by atoms with Crippen LogP contribution in [0.15, 0.2) is 16.9 Å². The molecule has 0 radical (unpaired) electrons. The lowest BCUT2D eigenvalue weighted by atomic mass is 10.3. The van der Waals surface area contributed by atoms with Crippen LogP contribution in [0.5, 0.6) is 0 Å². The highest BCUT2D eigenvalue weighted by molar-refractivity contribution is 5.87. The first kappa shape index (κ1) is 7.91. The van der Waals surface area contributed by atoms with Crippen LogP contribution >= 0.6 is 0 Å². The molecule has 0 aromatic heterocycles. The maximum Gasteiger partial charge on any atom is 0.337 e. The summed E-state index contributed by atoms with van der Waals surface area (Å²) in [6, 6.07) is -1.05. The Labute approximate surface area is 63.6 Å². The summed E-state index contributed by atoms with van der Waals surface area (Å²) in [6.45, 7) is 1.91. The molecule has 0 aromatic carbocycles. The largest absolute Gasteiger partial charge is 0.464 e. The molecule has 0 N–H and O–H groups in total. The Kier molecular flexibility index (Phi) is 2.36. The van der Waals surface area contributed by atoms with Crippen LogP contribution < -0.4 is 0 Å². The van der Waals surface area contributed by atoms with E-state index in [2.05, 4.69) is 9.73 Å². The third-order valence-corrected chi connectivity index (χ3v) is 1.24. The van der Waals surface area contributed by atoms with Crippen LogP contribution in [0.2, 0.25) is 0 Å². The number of halogens is 1. The lowest BCUT2D eigenvalue weighted by Gasteiger charge is -2.04. The first-order valence-electron chi connectivity index (χ1n) is 3.31. The van der Waals surface area contributed by atoms with E-state index in [-0.39, 0.29) is 6.61 Å². The molecule has 1 rings (SSSR count). The molecule has 0 fully saturated rings. The number of ether oxygens (including phenoxy) is 1. The SMILES string of the molecule is CCOC(=O)[C@H]1N=CC=C1F. The molecule has 1 aliphatic rings. The van der Waals surface area contributed by atoms with E-state index in [4.69, 9.17) is 0 Å². The van der Waals surface area contributed by atoms with E-state index in [1.807, 2.05) is 0 Å². The van der Waals surface area contributed by atoms with Gasteiger partial charge in [-0.2, -0.15) is 0 Å². The third kappa shape index (κ3) is 1.63. The average Bonchev–Trinajstić information content (AvgIpc) is 2.36. The summed E-state index contributed by atoms with van der Waals surface area (Å²) in [7, 11) is 0. The predicted octanol–water partition coefficient (Wildman–Crippen LogP) is 0.856. The maximum atomic E-state index is 12.6. The minimum absolute atomic E-state index is 0.248. The molecule has 11 heavy (non-hydrogen) atoms. The Morgan fingerprint density at radius 1 is 1.91 bits per heavy atom. The fourth-order valence-electron chi connectivity index (χ4n) is 0.757. The van der Waals surface area contributed by atoms with Crippen LogP contribution in [-0.4, -0.2) is 24.8 Å². The summed E-state index contributed by atoms with van der Waals surface area (Å²) in [5.74, 6) is -1.18. The second-order valence-corrected chi connectivity index (χ2v) is 2.00. The second kappa shape index (κ2) is 3.27. The van der Waals surface area contributed by atoms with E-state index in [0.717, 1.165) is 6.08 Å². The van der Waals surface area contributed by atoms with Gasteiger partial charge in [0, 0.05) is 6.21 Å². The van der Waals surface area contributed by atoms with Gasteiger partial charge in [0.1, 0.15) is 5.83 Å². The van der Waals surface area contributed by atoms with E-state index in [9.17, 15) is 9.18 Å². The van der Waals surface area contributed by atoms with Crippen molar-refractivity contribution in [2.24, 2.45) is 4.99 Å². The standard InChI is InChI=1S/C7H8FNO2/c1-2-11-7(10)6-5(8)3-4-9-6/h3-4,6H,2H2,1H3/t6-/m0/s1. The number of nitrogens with zero attached hydrogens (tertiary/aromatic N) is 1. The number of rotatable bonds is 2. The number of carbonyl (C=O) groups excluding carboxylic acids is 1. The van der Waals surface area contributed by atoms with Crippen molar-refractivity contribution >= 4 is 12.2 Å². The molecular formula is C7H8FNO2. The van der Waals surface area contributed by atoms with Gasteiger partial charge in [0.05, 0.1) is 6.61 Å². The Hall–Kier alpha value is -1.19. The highest BCUT2D eigenvalue weighted by atomic mass is 19.1. The Morgan fingerprint density at radius 3 is 3.09 bits per heavy atom. The maximum absolute atomic E-state index is 12.6. The van der Waals surface area contributed by atoms with Gasteiger partial charge in [0.15, 0.2) is 6.04 Å². The molecule has 1 heterocycles. The zero-order valence-corrected chi connectivity index (χ0v) is 6.08. The summed E-state index contributed by atoms with van der Waals surface area (Å²) in [5, 5.41) is 0. The van der Waals surface area contributed by atoms with Crippen molar-refractivity contribution in [1.82, 2.24) is 0 Å². The summed E-state index contributed by atoms with van der Waals surface area (Å²) < 4.78 is 17.2. The zero-order valence-electron chi connectivity index (χ0n) is 6.08. The topological polar surface area (TPSA) is 38.7 Å². The lowest BCUT2D eigenvalue weighted by Crippen LogP contribution is -2.20. The number of aliphatic imine (C=N–C) groups is 1. The molecule has 0 spiro atoms. The monoisotopic (exact) mass is 157 g/mol. The van der Waals surface area contributed by atoms with Gasteiger partial charge in [-0.1, -0.05) is 0 Å². The van der Waals surface area contributed by atoms with Crippen molar-refractivity contribution in [2.75, 3.05) is 6.61 Å². The second-order valence-electron chi connectivity index (χ2n) is 2.00. The fourth-order valence-corrected chi connectivity index (χ4v) is 0.757. The molecule has 60 valence electrons. The molecule has 0 amide bonds. The Morgan fingerprint density at radius 2 is 2.64 bits per heavy atom. The van der Waals surface area contributed by atoms with E-state index in [0.29, 0.717) is 0 Å². The van der Waals surface area contributed by atoms with E-state index < -0.39 is 17.8 Å². The molecule has 0 aromatic rings. The van der Waals surface area contributed by atoms with Crippen molar-refractivity contribution < 1.29 is 13.9 Å². The molecular weight excluding hydrogens is 149 g/mol. The van der Waals surface area contributed by atoms with Gasteiger partial charge in [0.25, 0.3) is 0 Å². The van der Waals surface area contributed by atoms with Gasteiger partial charge < -0.3 is 4.74 Å². The smallest absolute Gasteiger partial charge is 0.337 e. The number of allylic oxidation sites excluding steroid dienone is 1. The number of carbonyl (C=O) groups is 1. The molecule has 0 saturated heterocycles. The zero-order chi connectivity index (χ0) is 8.27. The van der Waals surface area contributed by atoms with Gasteiger partial charge >= 0.3 is 5.97 Å². The minimum atomic E-state index is -1.05. The van der Waals surface area contributed by atoms with E-state index in [1.54, 1.807) is 6.92 Å². The summed E-state index contributed by atoms with van der Waals surface area (Å²) in [5.41, 5.74) is 0. The van der Waals surface area contributed by atoms with Gasteiger partial charge in [-0.25, -0.2) is 9.18 Å². The minimum Gasteiger partial charge on any atom is -0.464 e. The van der Waals surface area contributed by atoms with Crippen molar-refractivity contribution in [3.05, 3.63) is 11.9 Å². The van der Waals surface area contributed by atoms with Crippen LogP contribution in [0.4, 0.5) is 4.39 Å². The van der Waals surface area contributed by atoms with Crippen molar-refractivity contribution in [1.29, 1.82) is 0 Å². The fraction of sp³-hybridized carbons (Fsp3) is 0.429. The summed E-state index contributed by atoms with van der Waals surface area (Å²) >= 11 is 0. The Balaban J connectivity index is 2.55. The van der Waals surface area contributed by atoms with Crippen LogP contribution in [-0.2, 0) is 9.53 Å². The number of hydrogen-bond acceptors (Lipinski definition) is 3. The lowest BCUT2D eigenvalue weighted by molar-refractivity contribution is -0.143. The molecule has 3 nitrogen and oxygen atoms in total. The normalized spacial score (nSPS) is 21.6. The molecule has 0 saturated carbocycles. The van der Waals surface area contributed by atoms with Crippen molar-refractivity contribution in [3.8, 4) is 0 Å².